The van der Waals surface area contributed by atoms with Gasteiger partial charge in [-0.05, 0) is 25.7 Å². The van der Waals surface area contributed by atoms with Gasteiger partial charge in [-0.25, -0.2) is 9.34 Å². The molecule has 0 aliphatic carbocycles. The molecule has 3 nitrogen and oxygen atoms in total. The van der Waals surface area contributed by atoms with Gasteiger partial charge in [-0.2, -0.15) is 0 Å². The lowest BCUT2D eigenvalue weighted by Gasteiger charge is -2.27. The summed E-state index contributed by atoms with van der Waals surface area (Å²) >= 11 is 0. The molecule has 0 aromatic heterocycles. The molecule has 3 saturated heterocycles. The fourth-order valence-corrected chi connectivity index (χ4v) is 7.02. The van der Waals surface area contributed by atoms with E-state index in [4.69, 9.17) is 0 Å². The van der Waals surface area contributed by atoms with Crippen LogP contribution in [0.5, 0.6) is 0 Å². The van der Waals surface area contributed by atoms with Gasteiger partial charge < -0.3 is 0 Å². The van der Waals surface area contributed by atoms with Crippen LogP contribution in [0.3, 0.4) is 0 Å². The fraction of sp³-hybridized carbons (Fsp3) is 1.00. The summed E-state index contributed by atoms with van der Waals surface area (Å²) in [6.45, 7) is 4.27. The molecule has 0 saturated carbocycles. The van der Waals surface area contributed by atoms with E-state index in [9.17, 15) is 4.57 Å². The minimum Gasteiger partial charge on any atom is -0.289 e. The highest BCUT2D eigenvalue weighted by molar-refractivity contribution is 7.59. The number of fused-ring (bicyclic) bond motifs is 3. The lowest BCUT2D eigenvalue weighted by atomic mass is 10.1. The molecular formula is C10H19N2OP. The second-order valence-corrected chi connectivity index (χ2v) is 7.72. The molecule has 14 heavy (non-hydrogen) atoms. The Morgan fingerprint density at radius 1 is 1.14 bits per heavy atom. The zero-order valence-corrected chi connectivity index (χ0v) is 9.75. The second-order valence-electron chi connectivity index (χ2n) is 4.73. The molecular weight excluding hydrogens is 195 g/mol. The van der Waals surface area contributed by atoms with Crippen LogP contribution in [0.1, 0.15) is 32.6 Å². The fourth-order valence-electron chi connectivity index (χ4n) is 3.62. The first-order valence-electron chi connectivity index (χ1n) is 5.90. The third-order valence-electron chi connectivity index (χ3n) is 4.20. The summed E-state index contributed by atoms with van der Waals surface area (Å²) in [5.41, 5.74) is 0. The van der Waals surface area contributed by atoms with Crippen LogP contribution in [-0.4, -0.2) is 40.7 Å². The van der Waals surface area contributed by atoms with Crippen molar-refractivity contribution in [2.75, 3.05) is 19.3 Å². The third kappa shape index (κ3) is 0.986. The summed E-state index contributed by atoms with van der Waals surface area (Å²) in [4.78, 5) is 0. The first-order valence-corrected chi connectivity index (χ1v) is 7.70. The van der Waals surface area contributed by atoms with Gasteiger partial charge in [-0.15, -0.1) is 0 Å². The average molecular weight is 214 g/mol. The van der Waals surface area contributed by atoms with Crippen molar-refractivity contribution >= 4 is 7.44 Å². The summed E-state index contributed by atoms with van der Waals surface area (Å²) in [5.74, 6) is 0. The second kappa shape index (κ2) is 3.07. The molecule has 80 valence electrons. The van der Waals surface area contributed by atoms with Crippen molar-refractivity contribution in [3.05, 3.63) is 0 Å². The Hall–Kier alpha value is 0.150. The Morgan fingerprint density at radius 3 is 2.07 bits per heavy atom. The largest absolute Gasteiger partial charge is 0.289 e. The molecule has 3 heterocycles. The molecule has 3 aliphatic heterocycles. The van der Waals surface area contributed by atoms with E-state index in [1.165, 1.54) is 25.7 Å². The normalized spacial score (nSPS) is 48.4. The van der Waals surface area contributed by atoms with E-state index in [1.807, 2.05) is 0 Å². The summed E-state index contributed by atoms with van der Waals surface area (Å²) in [5, 5.41) is 0. The smallest absolute Gasteiger partial charge is 0.216 e. The molecule has 3 aliphatic rings. The van der Waals surface area contributed by atoms with Crippen molar-refractivity contribution in [1.82, 2.24) is 9.34 Å². The summed E-state index contributed by atoms with van der Waals surface area (Å²) in [6, 6.07) is 1.28. The topological polar surface area (TPSA) is 23.6 Å². The number of nitrogens with zero attached hydrogens (tertiary/aromatic N) is 2. The molecule has 4 heteroatoms. The van der Waals surface area contributed by atoms with Crippen LogP contribution in [0.2, 0.25) is 0 Å². The zero-order chi connectivity index (χ0) is 9.76. The van der Waals surface area contributed by atoms with Crippen LogP contribution < -0.4 is 0 Å². The Kier molecular flexibility index (Phi) is 2.06. The van der Waals surface area contributed by atoms with Crippen molar-refractivity contribution < 1.29 is 4.57 Å². The van der Waals surface area contributed by atoms with Crippen LogP contribution >= 0.6 is 7.44 Å². The van der Waals surface area contributed by atoms with Gasteiger partial charge in [0, 0.05) is 31.3 Å². The van der Waals surface area contributed by atoms with Gasteiger partial charge in [0.05, 0.1) is 0 Å². The van der Waals surface area contributed by atoms with Crippen LogP contribution in [0, 0.1) is 0 Å². The Labute approximate surface area is 85.9 Å². The highest BCUT2D eigenvalue weighted by Crippen LogP contribution is 2.65. The lowest BCUT2D eigenvalue weighted by molar-refractivity contribution is 0.341. The Balaban J connectivity index is 2.00. The predicted molar refractivity (Wildman–Crippen MR) is 57.6 cm³/mol. The number of hydrogen-bond acceptors (Lipinski definition) is 1. The maximum atomic E-state index is 12.9. The maximum Gasteiger partial charge on any atom is 0.216 e. The SMILES string of the molecule is CCP1(=O)N2CCCC2C2CCCN21. The molecule has 0 aromatic carbocycles. The maximum absolute atomic E-state index is 12.9. The monoisotopic (exact) mass is 214 g/mol. The average Bonchev–Trinajstić information content (AvgIpc) is 2.85. The highest BCUT2D eigenvalue weighted by atomic mass is 31.2. The molecule has 2 atom stereocenters. The van der Waals surface area contributed by atoms with E-state index in [0.29, 0.717) is 12.1 Å². The molecule has 0 bridgehead atoms. The van der Waals surface area contributed by atoms with E-state index in [-0.39, 0.29) is 0 Å². The van der Waals surface area contributed by atoms with Crippen molar-refractivity contribution in [2.45, 2.75) is 44.7 Å². The first-order chi connectivity index (χ1) is 6.77. The number of hydrogen-bond donors (Lipinski definition) is 0. The van der Waals surface area contributed by atoms with Gasteiger partial charge in [-0.3, -0.25) is 4.57 Å². The van der Waals surface area contributed by atoms with Crippen molar-refractivity contribution in [3.63, 3.8) is 0 Å². The third-order valence-corrected chi connectivity index (χ3v) is 7.62. The van der Waals surface area contributed by atoms with Crippen molar-refractivity contribution in [3.8, 4) is 0 Å². The van der Waals surface area contributed by atoms with Crippen LogP contribution in [0.15, 0.2) is 0 Å². The van der Waals surface area contributed by atoms with Gasteiger partial charge in [0.2, 0.25) is 7.44 Å². The highest BCUT2D eigenvalue weighted by Gasteiger charge is 2.56. The van der Waals surface area contributed by atoms with Crippen LogP contribution in [0.4, 0.5) is 0 Å². The summed E-state index contributed by atoms with van der Waals surface area (Å²) < 4.78 is 17.6. The molecule has 3 rings (SSSR count). The Morgan fingerprint density at radius 2 is 1.64 bits per heavy atom. The van der Waals surface area contributed by atoms with E-state index >= 15 is 0 Å². The van der Waals surface area contributed by atoms with E-state index in [2.05, 4.69) is 16.3 Å². The van der Waals surface area contributed by atoms with Crippen molar-refractivity contribution in [1.29, 1.82) is 0 Å². The lowest BCUT2D eigenvalue weighted by Crippen LogP contribution is -2.29. The summed E-state index contributed by atoms with van der Waals surface area (Å²) in [6.07, 6.45) is 5.94. The van der Waals surface area contributed by atoms with Gasteiger partial charge in [-0.1, -0.05) is 6.92 Å². The van der Waals surface area contributed by atoms with E-state index < -0.39 is 7.44 Å². The molecule has 0 spiro atoms. The Bertz CT molecular complexity index is 270. The zero-order valence-electron chi connectivity index (χ0n) is 8.85. The van der Waals surface area contributed by atoms with E-state index in [0.717, 1.165) is 19.3 Å². The minimum atomic E-state index is -2.09. The molecule has 0 N–H and O–H groups in total. The van der Waals surface area contributed by atoms with Crippen LogP contribution in [-0.2, 0) is 4.57 Å². The van der Waals surface area contributed by atoms with Gasteiger partial charge in [0.1, 0.15) is 0 Å². The predicted octanol–water partition coefficient (Wildman–Crippen LogP) is 2.14. The molecule has 0 radical (unpaired) electrons. The molecule has 0 amide bonds. The van der Waals surface area contributed by atoms with Gasteiger partial charge in [0.15, 0.2) is 0 Å². The quantitative estimate of drug-likeness (QED) is 0.625. The van der Waals surface area contributed by atoms with Crippen LogP contribution in [0.25, 0.3) is 0 Å². The standard InChI is InChI=1S/C10H19N2OP/c1-2-14(13)11-7-3-5-9(11)10-6-4-8-12(10)14/h9-10H,2-8H2,1H3. The minimum absolute atomic E-state index is 0.642. The molecule has 2 unspecified atom stereocenters. The van der Waals surface area contributed by atoms with Crippen molar-refractivity contribution in [2.24, 2.45) is 0 Å². The summed E-state index contributed by atoms with van der Waals surface area (Å²) in [7, 11) is -2.09. The molecule has 3 fully saturated rings. The van der Waals surface area contributed by atoms with E-state index in [1.54, 1.807) is 0 Å². The van der Waals surface area contributed by atoms with Gasteiger partial charge >= 0.3 is 0 Å². The molecule has 0 aromatic rings. The first kappa shape index (κ1) is 9.38. The number of rotatable bonds is 1. The van der Waals surface area contributed by atoms with Gasteiger partial charge in [0.25, 0.3) is 0 Å².